The minimum absolute atomic E-state index is 0.000813. The van der Waals surface area contributed by atoms with Crippen LogP contribution in [0.25, 0.3) is 0 Å². The molecular formula is C20H22N2O3. The Kier molecular flexibility index (Phi) is 5.03. The van der Waals surface area contributed by atoms with E-state index in [0.29, 0.717) is 6.54 Å². The van der Waals surface area contributed by atoms with Crippen LogP contribution in [0.4, 0.5) is 11.4 Å². The zero-order valence-corrected chi connectivity index (χ0v) is 14.4. The Morgan fingerprint density at radius 3 is 2.48 bits per heavy atom. The maximum Gasteiger partial charge on any atom is 0.230 e. The quantitative estimate of drug-likeness (QED) is 0.910. The highest BCUT2D eigenvalue weighted by Gasteiger charge is 2.39. The van der Waals surface area contributed by atoms with Crippen LogP contribution >= 0.6 is 0 Å². The molecule has 3 rings (SSSR count). The molecule has 1 heterocycles. The number of para-hydroxylation sites is 1. The molecule has 0 bridgehead atoms. The van der Waals surface area contributed by atoms with E-state index in [4.69, 9.17) is 4.74 Å². The predicted molar refractivity (Wildman–Crippen MR) is 97.7 cm³/mol. The number of rotatable bonds is 5. The van der Waals surface area contributed by atoms with Crippen molar-refractivity contribution in [2.24, 2.45) is 11.8 Å². The van der Waals surface area contributed by atoms with E-state index in [1.807, 2.05) is 61.5 Å². The number of benzene rings is 2. The molecule has 0 aromatic heterocycles. The first kappa shape index (κ1) is 17.0. The number of hydrogen-bond acceptors (Lipinski definition) is 3. The van der Waals surface area contributed by atoms with Gasteiger partial charge in [0.2, 0.25) is 11.8 Å². The van der Waals surface area contributed by atoms with Crippen LogP contribution in [0, 0.1) is 11.8 Å². The van der Waals surface area contributed by atoms with E-state index in [0.717, 1.165) is 17.1 Å². The third-order valence-corrected chi connectivity index (χ3v) is 4.59. The minimum Gasteiger partial charge on any atom is -0.497 e. The molecular weight excluding hydrogens is 316 g/mol. The van der Waals surface area contributed by atoms with Gasteiger partial charge in [-0.05, 0) is 42.3 Å². The van der Waals surface area contributed by atoms with Crippen LogP contribution in [0.3, 0.4) is 0 Å². The molecule has 1 aliphatic rings. The lowest BCUT2D eigenvalue weighted by atomic mass is 9.94. The van der Waals surface area contributed by atoms with Crippen LogP contribution in [0.1, 0.15) is 13.3 Å². The second-order valence-electron chi connectivity index (χ2n) is 6.35. The van der Waals surface area contributed by atoms with Gasteiger partial charge in [0.1, 0.15) is 5.75 Å². The van der Waals surface area contributed by atoms with Crippen LogP contribution in [-0.4, -0.2) is 25.5 Å². The highest BCUT2D eigenvalue weighted by molar-refractivity contribution is 6.01. The molecule has 25 heavy (non-hydrogen) atoms. The molecule has 1 fully saturated rings. The van der Waals surface area contributed by atoms with E-state index < -0.39 is 0 Å². The Balaban J connectivity index is 1.66. The van der Waals surface area contributed by atoms with Gasteiger partial charge in [0.15, 0.2) is 0 Å². The molecule has 2 aromatic carbocycles. The van der Waals surface area contributed by atoms with Crippen molar-refractivity contribution in [3.63, 3.8) is 0 Å². The predicted octanol–water partition coefficient (Wildman–Crippen LogP) is 3.32. The van der Waals surface area contributed by atoms with Gasteiger partial charge in [-0.3, -0.25) is 9.59 Å². The Bertz CT molecular complexity index is 743. The fourth-order valence-electron chi connectivity index (χ4n) is 3.17. The van der Waals surface area contributed by atoms with Gasteiger partial charge in [0, 0.05) is 24.3 Å². The summed E-state index contributed by atoms with van der Waals surface area (Å²) in [6.07, 6.45) is 0.196. The van der Waals surface area contributed by atoms with E-state index in [9.17, 15) is 9.59 Å². The average molecular weight is 338 g/mol. The average Bonchev–Trinajstić information content (AvgIpc) is 2.91. The number of anilines is 2. The zero-order valence-electron chi connectivity index (χ0n) is 14.4. The van der Waals surface area contributed by atoms with Gasteiger partial charge in [-0.25, -0.2) is 0 Å². The van der Waals surface area contributed by atoms with Gasteiger partial charge >= 0.3 is 0 Å². The maximum absolute atomic E-state index is 12.8. The SMILES string of the molecule is COc1ccc(N2C[C@H](C)[C@@H](CC(=O)Nc3ccccc3)C2=O)cc1. The van der Waals surface area contributed by atoms with E-state index in [1.165, 1.54) is 0 Å². The number of carbonyl (C=O) groups excluding carboxylic acids is 2. The molecule has 0 unspecified atom stereocenters. The summed E-state index contributed by atoms with van der Waals surface area (Å²) >= 11 is 0. The summed E-state index contributed by atoms with van der Waals surface area (Å²) in [6, 6.07) is 16.7. The second kappa shape index (κ2) is 7.38. The first-order valence-corrected chi connectivity index (χ1v) is 8.39. The van der Waals surface area contributed by atoms with Gasteiger partial charge in [-0.15, -0.1) is 0 Å². The molecule has 0 radical (unpaired) electrons. The molecule has 0 aliphatic carbocycles. The fraction of sp³-hybridized carbons (Fsp3) is 0.300. The summed E-state index contributed by atoms with van der Waals surface area (Å²) in [5, 5.41) is 2.85. The number of hydrogen-bond donors (Lipinski definition) is 1. The number of nitrogens with one attached hydrogen (secondary N) is 1. The summed E-state index contributed by atoms with van der Waals surface area (Å²) in [7, 11) is 1.61. The normalized spacial score (nSPS) is 19.8. The van der Waals surface area contributed by atoms with Crippen LogP contribution in [0.5, 0.6) is 5.75 Å². The summed E-state index contributed by atoms with van der Waals surface area (Å²) in [6.45, 7) is 2.64. The summed E-state index contributed by atoms with van der Waals surface area (Å²) in [5.41, 5.74) is 1.58. The van der Waals surface area contributed by atoms with Crippen LogP contribution < -0.4 is 15.0 Å². The molecule has 1 N–H and O–H groups in total. The van der Waals surface area contributed by atoms with Crippen molar-refractivity contribution in [3.05, 3.63) is 54.6 Å². The number of methoxy groups -OCH3 is 1. The first-order chi connectivity index (χ1) is 12.1. The van der Waals surface area contributed by atoms with E-state index in [-0.39, 0.29) is 30.1 Å². The molecule has 5 heteroatoms. The number of amides is 2. The highest BCUT2D eigenvalue weighted by atomic mass is 16.5. The Labute approximate surface area is 147 Å². The third-order valence-electron chi connectivity index (χ3n) is 4.59. The van der Waals surface area contributed by atoms with Crippen molar-refractivity contribution in [1.82, 2.24) is 0 Å². The molecule has 2 atom stereocenters. The first-order valence-electron chi connectivity index (χ1n) is 8.39. The van der Waals surface area contributed by atoms with E-state index in [1.54, 1.807) is 12.0 Å². The van der Waals surface area contributed by atoms with E-state index in [2.05, 4.69) is 5.32 Å². The Morgan fingerprint density at radius 2 is 1.84 bits per heavy atom. The van der Waals surface area contributed by atoms with Crippen molar-refractivity contribution < 1.29 is 14.3 Å². The van der Waals surface area contributed by atoms with Gasteiger partial charge in [-0.1, -0.05) is 25.1 Å². The zero-order chi connectivity index (χ0) is 17.8. The van der Waals surface area contributed by atoms with Crippen molar-refractivity contribution in [1.29, 1.82) is 0 Å². The van der Waals surface area contributed by atoms with Crippen molar-refractivity contribution in [2.75, 3.05) is 23.9 Å². The largest absolute Gasteiger partial charge is 0.497 e. The lowest BCUT2D eigenvalue weighted by Crippen LogP contribution is -2.29. The van der Waals surface area contributed by atoms with Crippen molar-refractivity contribution >= 4 is 23.2 Å². The fourth-order valence-corrected chi connectivity index (χ4v) is 3.17. The van der Waals surface area contributed by atoms with Crippen molar-refractivity contribution in [3.8, 4) is 5.75 Å². The van der Waals surface area contributed by atoms with Gasteiger partial charge in [0.25, 0.3) is 0 Å². The number of ether oxygens (including phenoxy) is 1. The van der Waals surface area contributed by atoms with Crippen LogP contribution in [0.2, 0.25) is 0 Å². The Hall–Kier alpha value is -2.82. The molecule has 0 spiro atoms. The molecule has 1 aliphatic heterocycles. The lowest BCUT2D eigenvalue weighted by molar-refractivity contribution is -0.125. The topological polar surface area (TPSA) is 58.6 Å². The van der Waals surface area contributed by atoms with Crippen molar-refractivity contribution in [2.45, 2.75) is 13.3 Å². The monoisotopic (exact) mass is 338 g/mol. The molecule has 5 nitrogen and oxygen atoms in total. The minimum atomic E-state index is -0.300. The molecule has 0 saturated carbocycles. The number of carbonyl (C=O) groups is 2. The van der Waals surface area contributed by atoms with Crippen LogP contribution in [0.15, 0.2) is 54.6 Å². The van der Waals surface area contributed by atoms with Gasteiger partial charge in [-0.2, -0.15) is 0 Å². The Morgan fingerprint density at radius 1 is 1.16 bits per heavy atom. The molecule has 130 valence electrons. The molecule has 2 aromatic rings. The standard InChI is InChI=1S/C20H22N2O3/c1-14-13-22(16-8-10-17(25-2)11-9-16)20(24)18(14)12-19(23)21-15-6-4-3-5-7-15/h3-11,14,18H,12-13H2,1-2H3,(H,21,23)/t14-,18+/m0/s1. The molecule has 2 amide bonds. The smallest absolute Gasteiger partial charge is 0.230 e. The summed E-state index contributed by atoms with van der Waals surface area (Å²) in [5.74, 6) is 0.443. The summed E-state index contributed by atoms with van der Waals surface area (Å²) < 4.78 is 5.15. The highest BCUT2D eigenvalue weighted by Crippen LogP contribution is 2.32. The van der Waals surface area contributed by atoms with E-state index >= 15 is 0 Å². The number of nitrogens with zero attached hydrogens (tertiary/aromatic N) is 1. The van der Waals surface area contributed by atoms with Gasteiger partial charge in [0.05, 0.1) is 13.0 Å². The summed E-state index contributed by atoms with van der Waals surface area (Å²) in [4.78, 5) is 26.8. The second-order valence-corrected chi connectivity index (χ2v) is 6.35. The third kappa shape index (κ3) is 3.82. The molecule has 1 saturated heterocycles. The lowest BCUT2D eigenvalue weighted by Gasteiger charge is -2.17. The van der Waals surface area contributed by atoms with Crippen LogP contribution in [-0.2, 0) is 9.59 Å². The van der Waals surface area contributed by atoms with Gasteiger partial charge < -0.3 is 15.0 Å². The maximum atomic E-state index is 12.8.